The van der Waals surface area contributed by atoms with Crippen molar-refractivity contribution in [3.05, 3.63) is 59.2 Å². The van der Waals surface area contributed by atoms with Crippen molar-refractivity contribution in [3.63, 3.8) is 0 Å². The molecular formula is C24H38OSm. The van der Waals surface area contributed by atoms with Crippen LogP contribution in [0.1, 0.15) is 82.1 Å². The molecule has 0 atom stereocenters. The van der Waals surface area contributed by atoms with Gasteiger partial charge >= 0.3 is 0 Å². The van der Waals surface area contributed by atoms with Crippen LogP contribution in [0.5, 0.6) is 0 Å². The van der Waals surface area contributed by atoms with E-state index in [4.69, 9.17) is 4.74 Å². The van der Waals surface area contributed by atoms with Gasteiger partial charge in [0, 0.05) is 53.6 Å². The summed E-state index contributed by atoms with van der Waals surface area (Å²) in [5, 5.41) is 0. The van der Waals surface area contributed by atoms with Crippen LogP contribution >= 0.6 is 0 Å². The van der Waals surface area contributed by atoms with Gasteiger partial charge in [0.15, 0.2) is 0 Å². The molecule has 1 nitrogen and oxygen atoms in total. The van der Waals surface area contributed by atoms with Crippen LogP contribution in [0.25, 0.3) is 0 Å². The maximum atomic E-state index is 4.94. The van der Waals surface area contributed by atoms with Gasteiger partial charge in [-0.15, -0.1) is 0 Å². The molecule has 0 aromatic carbocycles. The topological polar surface area (TPSA) is 9.23 Å². The smallest absolute Gasteiger partial charge is 0.0466 e. The van der Waals surface area contributed by atoms with Crippen molar-refractivity contribution in [1.29, 1.82) is 0 Å². The van der Waals surface area contributed by atoms with E-state index in [2.05, 4.69) is 69.2 Å². The van der Waals surface area contributed by atoms with Gasteiger partial charge in [-0.3, -0.25) is 0 Å². The molecular weight excluding hydrogens is 455 g/mol. The third-order valence-electron chi connectivity index (χ3n) is 6.45. The van der Waals surface area contributed by atoms with Crippen molar-refractivity contribution in [1.82, 2.24) is 0 Å². The van der Waals surface area contributed by atoms with Crippen molar-refractivity contribution in [2.45, 2.75) is 82.1 Å². The second kappa shape index (κ2) is 12.8. The summed E-state index contributed by atoms with van der Waals surface area (Å²) >= 11 is 0. The van der Waals surface area contributed by atoms with Crippen LogP contribution in [0, 0.1) is 99.6 Å². The van der Waals surface area contributed by atoms with Gasteiger partial charge in [0.2, 0.25) is 0 Å². The Morgan fingerprint density at radius 1 is 0.385 bits per heavy atom. The fourth-order valence-corrected chi connectivity index (χ4v) is 3.32. The van der Waals surface area contributed by atoms with E-state index in [9.17, 15) is 0 Å². The van der Waals surface area contributed by atoms with Crippen LogP contribution in [0.15, 0.2) is 0 Å². The molecule has 1 aliphatic heterocycles. The molecule has 10 radical (unpaired) electrons. The zero-order valence-electron chi connectivity index (χ0n) is 18.6. The van der Waals surface area contributed by atoms with E-state index >= 15 is 0 Å². The monoisotopic (exact) mass is 494 g/mol. The van der Waals surface area contributed by atoms with Gasteiger partial charge in [-0.25, -0.2) is 0 Å². The van der Waals surface area contributed by atoms with Gasteiger partial charge in [-0.1, -0.05) is 69.2 Å². The Morgan fingerprint density at radius 2 is 0.538 bits per heavy atom. The molecule has 0 amide bonds. The summed E-state index contributed by atoms with van der Waals surface area (Å²) < 4.78 is 4.94. The van der Waals surface area contributed by atoms with Crippen LogP contribution in [-0.2, 0) is 4.74 Å². The minimum atomic E-state index is 0. The van der Waals surface area contributed by atoms with Crippen molar-refractivity contribution in [2.24, 2.45) is 0 Å². The summed E-state index contributed by atoms with van der Waals surface area (Å²) in [6, 6.07) is 0. The predicted octanol–water partition coefficient (Wildman–Crippen LogP) is 6.74. The van der Waals surface area contributed by atoms with E-state index in [1.54, 1.807) is 0 Å². The van der Waals surface area contributed by atoms with Crippen LogP contribution in [0.3, 0.4) is 0 Å². The molecule has 2 aliphatic carbocycles. The normalized spacial score (nSPS) is 26.5. The summed E-state index contributed by atoms with van der Waals surface area (Å²) in [5.74, 6) is 14.7. The van der Waals surface area contributed by atoms with E-state index < -0.39 is 0 Å². The molecule has 2 saturated carbocycles. The minimum absolute atomic E-state index is 0. The second-order valence-corrected chi connectivity index (χ2v) is 7.57. The van der Waals surface area contributed by atoms with Gasteiger partial charge in [0.05, 0.1) is 0 Å². The van der Waals surface area contributed by atoms with Crippen LogP contribution in [0.2, 0.25) is 0 Å². The predicted molar refractivity (Wildman–Crippen MR) is 109 cm³/mol. The van der Waals surface area contributed by atoms with Gasteiger partial charge in [-0.2, -0.15) is 0 Å². The summed E-state index contributed by atoms with van der Waals surface area (Å²) in [6.45, 7) is 24.0. The first-order valence-corrected chi connectivity index (χ1v) is 9.58. The van der Waals surface area contributed by atoms with Crippen LogP contribution < -0.4 is 0 Å². The van der Waals surface area contributed by atoms with Gasteiger partial charge in [0.1, 0.15) is 0 Å². The van der Waals surface area contributed by atoms with E-state index in [1.807, 2.05) is 0 Å². The fraction of sp³-hybridized carbons (Fsp3) is 0.583. The molecule has 26 heavy (non-hydrogen) atoms. The Morgan fingerprint density at radius 3 is 0.615 bits per heavy atom. The maximum Gasteiger partial charge on any atom is 0.0466 e. The van der Waals surface area contributed by atoms with E-state index in [0.717, 1.165) is 13.2 Å². The molecule has 2 heteroatoms. The molecule has 0 bridgehead atoms. The van der Waals surface area contributed by atoms with Crippen molar-refractivity contribution >= 4 is 0 Å². The zero-order chi connectivity index (χ0) is 19.3. The Balaban J connectivity index is 0.000000372. The zero-order valence-corrected chi connectivity index (χ0v) is 21.3. The Kier molecular flexibility index (Phi) is 13.4. The van der Waals surface area contributed by atoms with Crippen molar-refractivity contribution < 1.29 is 45.1 Å². The van der Waals surface area contributed by atoms with E-state index in [-0.39, 0.29) is 40.4 Å². The number of hydrogen-bond donors (Lipinski definition) is 0. The number of ether oxygens (including phenoxy) is 1. The molecule has 3 aliphatic rings. The molecule has 1 saturated heterocycles. The summed E-state index contributed by atoms with van der Waals surface area (Å²) in [5.41, 5.74) is 0. The Hall–Kier alpha value is 1.30. The molecule has 3 fully saturated rings. The average Bonchev–Trinajstić information content (AvgIpc) is 3.29. The quantitative estimate of drug-likeness (QED) is 0.364. The number of hydrogen-bond acceptors (Lipinski definition) is 1. The number of rotatable bonds is 0. The minimum Gasteiger partial charge on any atom is -0.381 e. The van der Waals surface area contributed by atoms with E-state index in [1.165, 1.54) is 72.0 Å². The molecule has 0 aromatic heterocycles. The summed E-state index contributed by atoms with van der Waals surface area (Å²) in [7, 11) is 0. The molecule has 0 unspecified atom stereocenters. The largest absolute Gasteiger partial charge is 0.381 e. The maximum absolute atomic E-state index is 4.94. The first-order chi connectivity index (χ1) is 11.6. The third kappa shape index (κ3) is 6.97. The molecule has 1 heterocycles. The SMILES string of the molecule is C1CCOC1.C[C]1[C](C)[C](C)[C](C)[C]1C.C[C]1[C](C)[C](C)[C](C)[C]1C.[Sm]. The Bertz CT molecular complexity index is 240. The van der Waals surface area contributed by atoms with Gasteiger partial charge < -0.3 is 4.74 Å². The van der Waals surface area contributed by atoms with E-state index in [0.29, 0.717) is 0 Å². The standard InChI is InChI=1S/2C10H15.C4H8O.Sm/c2*1-6-7(2)9(4)10(5)8(6)3;1-2-4-5-3-1;/h2*1-5H3;1-4H2;. The average molecular weight is 493 g/mol. The molecule has 146 valence electrons. The van der Waals surface area contributed by atoms with Crippen LogP contribution in [-0.4, -0.2) is 13.2 Å². The third-order valence-corrected chi connectivity index (χ3v) is 6.45. The van der Waals surface area contributed by atoms with Crippen molar-refractivity contribution in [3.8, 4) is 0 Å². The molecule has 3 rings (SSSR count). The summed E-state index contributed by atoms with van der Waals surface area (Å²) in [6.07, 6.45) is 2.56. The van der Waals surface area contributed by atoms with Gasteiger partial charge in [0.25, 0.3) is 0 Å². The van der Waals surface area contributed by atoms with Gasteiger partial charge in [-0.05, 0) is 72.0 Å². The van der Waals surface area contributed by atoms with Crippen LogP contribution in [0.4, 0.5) is 0 Å². The molecule has 0 aromatic rings. The van der Waals surface area contributed by atoms with Crippen molar-refractivity contribution in [2.75, 3.05) is 13.2 Å². The summed E-state index contributed by atoms with van der Waals surface area (Å²) in [4.78, 5) is 0. The Labute approximate surface area is 198 Å². The molecule has 0 spiro atoms. The fourth-order valence-electron chi connectivity index (χ4n) is 3.32. The first-order valence-electron chi connectivity index (χ1n) is 9.58. The first kappa shape index (κ1) is 27.3. The molecule has 0 N–H and O–H groups in total. The second-order valence-electron chi connectivity index (χ2n) is 7.57.